The van der Waals surface area contributed by atoms with Crippen LogP contribution in [0.2, 0.25) is 0 Å². The molecule has 2 aromatic rings. The van der Waals surface area contributed by atoms with Gasteiger partial charge in [0.2, 0.25) is 5.91 Å². The zero-order valence-electron chi connectivity index (χ0n) is 17.9. The Morgan fingerprint density at radius 2 is 1.77 bits per heavy atom. The Labute approximate surface area is 186 Å². The zero-order chi connectivity index (χ0) is 22.0. The minimum absolute atomic E-state index is 0.00201. The Balaban J connectivity index is 1.37. The maximum Gasteiger partial charge on any atom is 0.253 e. The number of hydrogen-bond donors (Lipinski definition) is 2. The maximum atomic E-state index is 13.0. The van der Waals surface area contributed by atoms with Crippen LogP contribution in [0.15, 0.2) is 41.3 Å². The minimum Gasteiger partial charge on any atom is -0.497 e. The van der Waals surface area contributed by atoms with E-state index in [4.69, 9.17) is 9.47 Å². The molecule has 0 aliphatic carbocycles. The zero-order valence-corrected chi connectivity index (χ0v) is 18.8. The summed E-state index contributed by atoms with van der Waals surface area (Å²) >= 11 is 1.52. The van der Waals surface area contributed by atoms with Gasteiger partial charge in [0.25, 0.3) is 5.91 Å². The van der Waals surface area contributed by atoms with Crippen LogP contribution in [0.5, 0.6) is 11.5 Å². The van der Waals surface area contributed by atoms with Crippen molar-refractivity contribution in [3.05, 3.63) is 42.0 Å². The third kappa shape index (κ3) is 4.74. The molecule has 2 aliphatic rings. The lowest BCUT2D eigenvalue weighted by Crippen LogP contribution is -2.42. The van der Waals surface area contributed by atoms with Crippen molar-refractivity contribution in [1.82, 2.24) is 4.90 Å². The number of fused-ring (bicyclic) bond motifs is 1. The molecule has 31 heavy (non-hydrogen) atoms. The van der Waals surface area contributed by atoms with Gasteiger partial charge in [-0.1, -0.05) is 0 Å². The number of thioether (sulfide) groups is 1. The molecule has 0 spiro atoms. The topological polar surface area (TPSA) is 79.9 Å². The van der Waals surface area contributed by atoms with Crippen molar-refractivity contribution < 1.29 is 19.1 Å². The normalized spacial score (nSPS) is 18.7. The predicted molar refractivity (Wildman–Crippen MR) is 122 cm³/mol. The molecule has 2 aromatic carbocycles. The maximum absolute atomic E-state index is 13.0. The van der Waals surface area contributed by atoms with Gasteiger partial charge in [0.1, 0.15) is 11.5 Å². The summed E-state index contributed by atoms with van der Waals surface area (Å²) in [6.07, 6.45) is 1.70. The average molecular weight is 442 g/mol. The molecule has 7 nitrogen and oxygen atoms in total. The molecule has 2 amide bonds. The number of hydrogen-bond acceptors (Lipinski definition) is 6. The number of methoxy groups -OCH3 is 2. The summed E-state index contributed by atoms with van der Waals surface area (Å²) in [5, 5.41) is 6.31. The Hall–Kier alpha value is -2.87. The van der Waals surface area contributed by atoms with Gasteiger partial charge in [-0.25, -0.2) is 0 Å². The van der Waals surface area contributed by atoms with E-state index in [-0.39, 0.29) is 23.1 Å². The van der Waals surface area contributed by atoms with E-state index in [2.05, 4.69) is 10.6 Å². The van der Waals surface area contributed by atoms with Crippen molar-refractivity contribution in [2.75, 3.05) is 37.9 Å². The van der Waals surface area contributed by atoms with Crippen molar-refractivity contribution in [1.29, 1.82) is 0 Å². The summed E-state index contributed by atoms with van der Waals surface area (Å²) in [6.45, 7) is 3.22. The van der Waals surface area contributed by atoms with Crippen LogP contribution in [0.25, 0.3) is 0 Å². The first kappa shape index (κ1) is 21.4. The van der Waals surface area contributed by atoms with Gasteiger partial charge >= 0.3 is 0 Å². The van der Waals surface area contributed by atoms with Gasteiger partial charge in [-0.05, 0) is 38.0 Å². The molecular formula is C23H27N3O4S. The van der Waals surface area contributed by atoms with E-state index in [0.29, 0.717) is 18.7 Å². The number of nitrogens with zero attached hydrogens (tertiary/aromatic N) is 1. The van der Waals surface area contributed by atoms with Gasteiger partial charge in [0.15, 0.2) is 0 Å². The number of likely N-dealkylation sites (tertiary alicyclic amines) is 1. The Kier molecular flexibility index (Phi) is 6.27. The second-order valence-corrected chi connectivity index (χ2v) is 9.16. The summed E-state index contributed by atoms with van der Waals surface area (Å²) in [7, 11) is 3.27. The fraction of sp³-hybridized carbons (Fsp3) is 0.391. The second kappa shape index (κ2) is 9.09. The van der Waals surface area contributed by atoms with E-state index in [1.807, 2.05) is 42.2 Å². The lowest BCUT2D eigenvalue weighted by Gasteiger charge is -2.33. The van der Waals surface area contributed by atoms with Crippen molar-refractivity contribution >= 4 is 35.0 Å². The molecule has 0 aromatic heterocycles. The monoisotopic (exact) mass is 441 g/mol. The summed E-state index contributed by atoms with van der Waals surface area (Å²) in [4.78, 5) is 27.9. The molecular weight excluding hydrogens is 414 g/mol. The largest absolute Gasteiger partial charge is 0.497 e. The minimum atomic E-state index is -0.120. The Morgan fingerprint density at radius 1 is 1.10 bits per heavy atom. The standard InChI is InChI=1S/C23H27N3O4S/c1-14-22(27)25-20-10-15(4-5-21(20)31-14)23(28)26-8-6-16(7-9-26)24-17-11-18(29-2)13-19(12-17)30-3/h4-5,10-14,16,24H,6-9H2,1-3H3,(H,25,27). The molecule has 164 valence electrons. The molecule has 1 fully saturated rings. The van der Waals surface area contributed by atoms with Gasteiger partial charge in [0.05, 0.1) is 25.2 Å². The third-order valence-electron chi connectivity index (χ3n) is 5.66. The smallest absolute Gasteiger partial charge is 0.253 e. The molecule has 8 heteroatoms. The highest BCUT2D eigenvalue weighted by Gasteiger charge is 2.27. The highest BCUT2D eigenvalue weighted by Crippen LogP contribution is 2.36. The number of piperidine rings is 1. The molecule has 2 heterocycles. The van der Waals surface area contributed by atoms with Crippen molar-refractivity contribution in [3.8, 4) is 11.5 Å². The average Bonchev–Trinajstić information content (AvgIpc) is 2.79. The van der Waals surface area contributed by atoms with Crippen molar-refractivity contribution in [2.24, 2.45) is 0 Å². The molecule has 0 saturated carbocycles. The molecule has 2 aliphatic heterocycles. The first-order valence-electron chi connectivity index (χ1n) is 10.4. The molecule has 4 rings (SSSR count). The van der Waals surface area contributed by atoms with E-state index >= 15 is 0 Å². The van der Waals surface area contributed by atoms with Crippen LogP contribution < -0.4 is 20.1 Å². The number of amides is 2. The lowest BCUT2D eigenvalue weighted by molar-refractivity contribution is -0.115. The van der Waals surface area contributed by atoms with Gasteiger partial charge in [-0.3, -0.25) is 9.59 Å². The van der Waals surface area contributed by atoms with Gasteiger partial charge in [0, 0.05) is 53.5 Å². The number of carbonyl (C=O) groups is 2. The fourth-order valence-electron chi connectivity index (χ4n) is 3.88. The van der Waals surface area contributed by atoms with Crippen LogP contribution in [-0.4, -0.2) is 55.3 Å². The molecule has 2 N–H and O–H groups in total. The quantitative estimate of drug-likeness (QED) is 0.734. The number of anilines is 2. The van der Waals surface area contributed by atoms with Crippen LogP contribution in [-0.2, 0) is 4.79 Å². The number of carbonyl (C=O) groups excluding carboxylic acids is 2. The van der Waals surface area contributed by atoms with E-state index in [1.165, 1.54) is 11.8 Å². The first-order chi connectivity index (χ1) is 15.0. The van der Waals surface area contributed by atoms with Gasteiger partial charge in [-0.2, -0.15) is 0 Å². The number of rotatable bonds is 5. The lowest BCUT2D eigenvalue weighted by atomic mass is 10.0. The molecule has 0 radical (unpaired) electrons. The van der Waals surface area contributed by atoms with E-state index in [1.54, 1.807) is 20.3 Å². The SMILES string of the molecule is COc1cc(NC2CCN(C(=O)c3ccc4c(c3)NC(=O)C(C)S4)CC2)cc(OC)c1. The van der Waals surface area contributed by atoms with Crippen LogP contribution >= 0.6 is 11.8 Å². The Morgan fingerprint density at radius 3 is 2.42 bits per heavy atom. The summed E-state index contributed by atoms with van der Waals surface area (Å²) in [6, 6.07) is 11.6. The first-order valence-corrected chi connectivity index (χ1v) is 11.2. The van der Waals surface area contributed by atoms with E-state index in [9.17, 15) is 9.59 Å². The molecule has 1 saturated heterocycles. The second-order valence-electron chi connectivity index (χ2n) is 7.77. The molecule has 1 atom stereocenters. The summed E-state index contributed by atoms with van der Waals surface area (Å²) in [5.41, 5.74) is 2.28. The van der Waals surface area contributed by atoms with Gasteiger partial charge < -0.3 is 25.0 Å². The van der Waals surface area contributed by atoms with E-state index < -0.39 is 0 Å². The molecule has 0 bridgehead atoms. The fourth-order valence-corrected chi connectivity index (χ4v) is 4.81. The number of nitrogens with one attached hydrogen (secondary N) is 2. The van der Waals surface area contributed by atoms with E-state index in [0.717, 1.165) is 40.6 Å². The third-order valence-corrected chi connectivity index (χ3v) is 6.84. The predicted octanol–water partition coefficient (Wildman–Crippen LogP) is 3.85. The van der Waals surface area contributed by atoms with Crippen LogP contribution in [0.3, 0.4) is 0 Å². The summed E-state index contributed by atoms with van der Waals surface area (Å²) in [5.74, 6) is 1.45. The number of ether oxygens (including phenoxy) is 2. The molecule has 1 unspecified atom stereocenters. The van der Waals surface area contributed by atoms with Crippen molar-refractivity contribution in [3.63, 3.8) is 0 Å². The summed E-state index contributed by atoms with van der Waals surface area (Å²) < 4.78 is 10.7. The highest BCUT2D eigenvalue weighted by atomic mass is 32.2. The van der Waals surface area contributed by atoms with Crippen LogP contribution in [0.1, 0.15) is 30.1 Å². The Bertz CT molecular complexity index is 967. The number of benzene rings is 2. The van der Waals surface area contributed by atoms with Crippen molar-refractivity contribution in [2.45, 2.75) is 36.0 Å². The van der Waals surface area contributed by atoms with Crippen LogP contribution in [0.4, 0.5) is 11.4 Å². The highest BCUT2D eigenvalue weighted by molar-refractivity contribution is 8.00. The van der Waals surface area contributed by atoms with Gasteiger partial charge in [-0.15, -0.1) is 11.8 Å². The van der Waals surface area contributed by atoms with Crippen LogP contribution in [0, 0.1) is 0 Å².